The molecule has 4 nitrogen and oxygen atoms in total. The van der Waals surface area contributed by atoms with Gasteiger partial charge in [-0.3, -0.25) is 4.79 Å². The summed E-state index contributed by atoms with van der Waals surface area (Å²) in [7, 11) is 0. The number of nitriles is 1. The van der Waals surface area contributed by atoms with Gasteiger partial charge in [0, 0.05) is 12.3 Å². The number of rotatable bonds is 5. The van der Waals surface area contributed by atoms with Crippen molar-refractivity contribution in [3.8, 4) is 6.07 Å². The summed E-state index contributed by atoms with van der Waals surface area (Å²) in [6.45, 7) is 2.74. The fraction of sp³-hybridized carbons (Fsp3) is 0.600. The summed E-state index contributed by atoms with van der Waals surface area (Å²) in [6.07, 6.45) is 2.90. The van der Waals surface area contributed by atoms with Crippen LogP contribution >= 0.6 is 0 Å². The minimum absolute atomic E-state index is 0.0312. The molecule has 1 aromatic rings. The Morgan fingerprint density at radius 3 is 2.84 bits per heavy atom. The van der Waals surface area contributed by atoms with E-state index in [1.165, 1.54) is 0 Å². The van der Waals surface area contributed by atoms with E-state index in [-0.39, 0.29) is 11.8 Å². The Hall–Kier alpha value is -1.93. The number of nitrogens with one attached hydrogen (secondary N) is 1. The minimum Gasteiger partial charge on any atom is -0.368 e. The van der Waals surface area contributed by atoms with Gasteiger partial charge < -0.3 is 10.1 Å². The van der Waals surface area contributed by atoms with E-state index < -0.39 is 11.3 Å². The Morgan fingerprint density at radius 2 is 2.24 bits per heavy atom. The number of hydrogen-bond acceptors (Lipinski definition) is 3. The van der Waals surface area contributed by atoms with E-state index >= 15 is 0 Å². The molecule has 2 saturated carbocycles. The molecule has 1 amide bonds. The number of carbonyl (C=O) groups excluding carboxylic acids is 1. The average Bonchev–Trinajstić information content (AvgIpc) is 3.32. The summed E-state index contributed by atoms with van der Waals surface area (Å²) in [5.74, 6) is 0.809. The molecule has 4 rings (SSSR count). The van der Waals surface area contributed by atoms with Crippen LogP contribution in [0.5, 0.6) is 0 Å². The molecular formula is C20H23FN2O2. The molecule has 1 heterocycles. The maximum atomic E-state index is 13.6. The van der Waals surface area contributed by atoms with Crippen molar-refractivity contribution in [2.45, 2.75) is 43.9 Å². The molecule has 3 aliphatic rings. The van der Waals surface area contributed by atoms with Crippen molar-refractivity contribution in [3.63, 3.8) is 0 Å². The number of carbonyl (C=O) groups is 1. The van der Waals surface area contributed by atoms with Gasteiger partial charge in [0.15, 0.2) is 0 Å². The van der Waals surface area contributed by atoms with E-state index in [2.05, 4.69) is 11.4 Å². The number of nitrogens with zero attached hydrogens (tertiary/aromatic N) is 1. The summed E-state index contributed by atoms with van der Waals surface area (Å²) in [5, 5.41) is 12.1. The van der Waals surface area contributed by atoms with Crippen LogP contribution in [-0.4, -0.2) is 24.7 Å². The molecule has 5 heteroatoms. The average molecular weight is 342 g/mol. The zero-order valence-electron chi connectivity index (χ0n) is 14.4. The van der Waals surface area contributed by atoms with E-state index in [1.807, 2.05) is 18.2 Å². The van der Waals surface area contributed by atoms with E-state index in [0.717, 1.165) is 18.4 Å². The van der Waals surface area contributed by atoms with Gasteiger partial charge in [-0.1, -0.05) is 12.1 Å². The minimum atomic E-state index is -1.02. The van der Waals surface area contributed by atoms with Gasteiger partial charge >= 0.3 is 0 Å². The zero-order valence-corrected chi connectivity index (χ0v) is 14.4. The Balaban J connectivity index is 1.34. The second-order valence-electron chi connectivity index (χ2n) is 8.09. The molecule has 1 N–H and O–H groups in total. The van der Waals surface area contributed by atoms with Crippen LogP contribution < -0.4 is 5.32 Å². The highest BCUT2D eigenvalue weighted by molar-refractivity contribution is 5.81. The van der Waals surface area contributed by atoms with Gasteiger partial charge in [-0.15, -0.1) is 0 Å². The molecule has 0 spiro atoms. The molecule has 132 valence electrons. The lowest BCUT2D eigenvalue weighted by Gasteiger charge is -2.42. The fourth-order valence-corrected chi connectivity index (χ4v) is 4.42. The highest BCUT2D eigenvalue weighted by Gasteiger charge is 2.55. The van der Waals surface area contributed by atoms with Gasteiger partial charge in [0.2, 0.25) is 5.91 Å². The molecule has 0 aromatic heterocycles. The van der Waals surface area contributed by atoms with Crippen molar-refractivity contribution < 1.29 is 13.9 Å². The topological polar surface area (TPSA) is 62.1 Å². The second kappa shape index (κ2) is 5.81. The molecule has 1 aliphatic heterocycles. The molecular weight excluding hydrogens is 319 g/mol. The van der Waals surface area contributed by atoms with Crippen LogP contribution in [0.3, 0.4) is 0 Å². The molecule has 1 saturated heterocycles. The van der Waals surface area contributed by atoms with Gasteiger partial charge in [-0.2, -0.15) is 5.26 Å². The van der Waals surface area contributed by atoms with Gasteiger partial charge in [-0.25, -0.2) is 4.39 Å². The largest absolute Gasteiger partial charge is 0.368 e. The first-order valence-electron chi connectivity index (χ1n) is 9.04. The first kappa shape index (κ1) is 16.5. The fourth-order valence-electron chi connectivity index (χ4n) is 4.42. The lowest BCUT2D eigenvalue weighted by atomic mass is 9.70. The van der Waals surface area contributed by atoms with Crippen molar-refractivity contribution in [1.29, 1.82) is 5.26 Å². The predicted molar refractivity (Wildman–Crippen MR) is 90.2 cm³/mol. The number of benzene rings is 1. The van der Waals surface area contributed by atoms with Crippen LogP contribution in [0.15, 0.2) is 24.3 Å². The maximum absolute atomic E-state index is 13.6. The maximum Gasteiger partial charge on any atom is 0.223 e. The highest BCUT2D eigenvalue weighted by Crippen LogP contribution is 2.56. The van der Waals surface area contributed by atoms with Crippen molar-refractivity contribution >= 4 is 5.91 Å². The monoisotopic (exact) mass is 342 g/mol. The third-order valence-corrected chi connectivity index (χ3v) is 6.11. The normalized spacial score (nSPS) is 38.8. The molecule has 0 radical (unpaired) electrons. The number of amides is 1. The number of halogens is 1. The van der Waals surface area contributed by atoms with Gasteiger partial charge in [-0.05, 0) is 55.7 Å². The van der Waals surface area contributed by atoms with Crippen molar-refractivity contribution in [2.24, 2.45) is 17.8 Å². The van der Waals surface area contributed by atoms with Crippen LogP contribution in [0.25, 0.3) is 0 Å². The van der Waals surface area contributed by atoms with E-state index in [0.29, 0.717) is 43.4 Å². The second-order valence-corrected chi connectivity index (χ2v) is 8.09. The van der Waals surface area contributed by atoms with Crippen LogP contribution in [0, 0.1) is 29.1 Å². The zero-order chi connectivity index (χ0) is 17.7. The Kier molecular flexibility index (Phi) is 3.84. The van der Waals surface area contributed by atoms with Gasteiger partial charge in [0.25, 0.3) is 0 Å². The van der Waals surface area contributed by atoms with Crippen LogP contribution in [0.1, 0.15) is 43.7 Å². The molecule has 3 fully saturated rings. The Labute approximate surface area is 147 Å². The Morgan fingerprint density at radius 1 is 1.48 bits per heavy atom. The molecule has 0 bridgehead atoms. The molecule has 0 unspecified atom stereocenters. The van der Waals surface area contributed by atoms with Gasteiger partial charge in [0.1, 0.15) is 11.3 Å². The summed E-state index contributed by atoms with van der Waals surface area (Å²) in [4.78, 5) is 12.4. The van der Waals surface area contributed by atoms with Crippen LogP contribution in [0.2, 0.25) is 0 Å². The summed E-state index contributed by atoms with van der Waals surface area (Å²) >= 11 is 0. The highest BCUT2D eigenvalue weighted by atomic mass is 19.1. The van der Waals surface area contributed by atoms with E-state index in [4.69, 9.17) is 10.00 Å². The lowest BCUT2D eigenvalue weighted by molar-refractivity contribution is -0.155. The van der Waals surface area contributed by atoms with E-state index in [9.17, 15) is 9.18 Å². The first-order valence-corrected chi connectivity index (χ1v) is 9.04. The summed E-state index contributed by atoms with van der Waals surface area (Å²) in [6, 6.07) is 9.54. The van der Waals surface area contributed by atoms with Crippen molar-refractivity contribution in [3.05, 3.63) is 35.4 Å². The predicted octanol–water partition coefficient (Wildman–Crippen LogP) is 3.06. The molecule has 3 atom stereocenters. The number of ether oxygens (including phenoxy) is 1. The number of hydrogen-bond donors (Lipinski definition) is 1. The van der Waals surface area contributed by atoms with Gasteiger partial charge in [0.05, 0.1) is 24.8 Å². The number of alkyl halides is 1. The quantitative estimate of drug-likeness (QED) is 0.894. The van der Waals surface area contributed by atoms with Crippen molar-refractivity contribution in [1.82, 2.24) is 5.32 Å². The Bertz CT molecular complexity index is 727. The third kappa shape index (κ3) is 3.04. The molecule has 2 aliphatic carbocycles. The first-order chi connectivity index (χ1) is 11.9. The molecule has 25 heavy (non-hydrogen) atoms. The third-order valence-electron chi connectivity index (χ3n) is 6.11. The van der Waals surface area contributed by atoms with Crippen LogP contribution in [-0.2, 0) is 15.1 Å². The van der Waals surface area contributed by atoms with E-state index in [1.54, 1.807) is 13.0 Å². The smallest absolute Gasteiger partial charge is 0.223 e. The lowest BCUT2D eigenvalue weighted by Crippen LogP contribution is -2.50. The SMILES string of the molecule is CC1(F)CC([C@H]2C[C@@H]2C(=O)NC[C@@]2(c3cccc(C#N)c3)CCO2)C1. The summed E-state index contributed by atoms with van der Waals surface area (Å²) < 4.78 is 19.5. The standard InChI is InChI=1S/C20H23FN2O2/c1-19(21)9-14(10-19)16-8-17(16)18(24)23-12-20(5-6-25-20)15-4-2-3-13(7-15)11-22/h2-4,7,14,16-17H,5-6,8-10,12H2,1H3,(H,23,24)/t14?,16-,17+,19?,20-/m1/s1. The van der Waals surface area contributed by atoms with Crippen LogP contribution in [0.4, 0.5) is 4.39 Å². The van der Waals surface area contributed by atoms with Crippen molar-refractivity contribution in [2.75, 3.05) is 13.2 Å². The molecule has 1 aromatic carbocycles. The summed E-state index contributed by atoms with van der Waals surface area (Å²) in [5.41, 5.74) is 0.00273.